The van der Waals surface area contributed by atoms with Crippen molar-refractivity contribution >= 4 is 15.9 Å². The van der Waals surface area contributed by atoms with Gasteiger partial charge in [-0.15, -0.1) is 10.2 Å². The summed E-state index contributed by atoms with van der Waals surface area (Å²) in [5, 5.41) is 21.5. The molecule has 0 aliphatic heterocycles. The highest BCUT2D eigenvalue weighted by Crippen LogP contribution is 2.31. The van der Waals surface area contributed by atoms with E-state index in [2.05, 4.69) is 36.3 Å². The van der Waals surface area contributed by atoms with Crippen LogP contribution in [0.5, 0.6) is 11.6 Å². The van der Waals surface area contributed by atoms with Gasteiger partial charge < -0.3 is 14.4 Å². The molecule has 3 aromatic rings. The number of phenolic OH excluding ortho intramolecular Hbond substituents is 1. The van der Waals surface area contributed by atoms with E-state index < -0.39 is 0 Å². The number of benzene rings is 1. The van der Waals surface area contributed by atoms with Crippen LogP contribution in [0.4, 0.5) is 0 Å². The lowest BCUT2D eigenvalue weighted by Crippen LogP contribution is -1.93. The molecule has 2 heterocycles. The Bertz CT molecular complexity index is 773. The minimum absolute atomic E-state index is 0.0420. The third-order valence-electron chi connectivity index (χ3n) is 2.69. The lowest BCUT2D eigenvalue weighted by Gasteiger charge is -1.99. The second-order valence-corrected chi connectivity index (χ2v) is 4.96. The van der Waals surface area contributed by atoms with Crippen LogP contribution in [0.15, 0.2) is 39.3 Å². The van der Waals surface area contributed by atoms with Gasteiger partial charge in [0.15, 0.2) is 0 Å². The van der Waals surface area contributed by atoms with E-state index in [0.717, 1.165) is 4.47 Å². The fourth-order valence-corrected chi connectivity index (χ4v) is 2.02. The molecule has 0 saturated carbocycles. The molecule has 8 heteroatoms. The van der Waals surface area contributed by atoms with E-state index >= 15 is 0 Å². The number of hydrogen-bond acceptors (Lipinski definition) is 7. The first-order chi connectivity index (χ1) is 10.2. The van der Waals surface area contributed by atoms with Crippen LogP contribution in [0.25, 0.3) is 23.0 Å². The summed E-state index contributed by atoms with van der Waals surface area (Å²) < 4.78 is 10.8. The number of halogens is 1. The van der Waals surface area contributed by atoms with Crippen LogP contribution in [-0.2, 0) is 0 Å². The molecule has 7 nitrogen and oxygen atoms in total. The Hall–Kier alpha value is -2.48. The van der Waals surface area contributed by atoms with Gasteiger partial charge in [-0.05, 0) is 24.3 Å². The highest BCUT2D eigenvalue weighted by Gasteiger charge is 2.15. The van der Waals surface area contributed by atoms with Gasteiger partial charge in [-0.3, -0.25) is 0 Å². The van der Waals surface area contributed by atoms with Gasteiger partial charge in [-0.1, -0.05) is 21.1 Å². The van der Waals surface area contributed by atoms with Crippen molar-refractivity contribution in [3.63, 3.8) is 0 Å². The van der Waals surface area contributed by atoms with Crippen molar-refractivity contribution in [1.82, 2.24) is 20.3 Å². The molecule has 0 fully saturated rings. The van der Waals surface area contributed by atoms with Crippen molar-refractivity contribution < 1.29 is 14.4 Å². The molecule has 0 amide bonds. The van der Waals surface area contributed by atoms with Gasteiger partial charge in [-0.25, -0.2) is 0 Å². The average molecular weight is 349 g/mol. The summed E-state index contributed by atoms with van der Waals surface area (Å²) in [7, 11) is 1.51. The molecule has 0 spiro atoms. The number of rotatable bonds is 3. The Morgan fingerprint density at radius 3 is 2.71 bits per heavy atom. The molecule has 1 aromatic carbocycles. The molecule has 3 rings (SSSR count). The van der Waals surface area contributed by atoms with Crippen molar-refractivity contribution in [1.29, 1.82) is 0 Å². The Kier molecular flexibility index (Phi) is 3.53. The van der Waals surface area contributed by atoms with Crippen LogP contribution in [0.1, 0.15) is 0 Å². The third kappa shape index (κ3) is 2.70. The first-order valence-corrected chi connectivity index (χ1v) is 6.67. The van der Waals surface area contributed by atoms with Crippen molar-refractivity contribution in [2.75, 3.05) is 7.11 Å². The summed E-state index contributed by atoms with van der Waals surface area (Å²) in [6.45, 7) is 0. The van der Waals surface area contributed by atoms with Crippen molar-refractivity contribution in [3.8, 4) is 34.6 Å². The molecule has 0 bridgehead atoms. The smallest absolute Gasteiger partial charge is 0.262 e. The minimum atomic E-state index is 0.0420. The van der Waals surface area contributed by atoms with E-state index in [0.29, 0.717) is 17.1 Å². The quantitative estimate of drug-likeness (QED) is 0.777. The largest absolute Gasteiger partial charge is 0.507 e. The topological polar surface area (TPSA) is 94.2 Å². The lowest BCUT2D eigenvalue weighted by atomic mass is 10.2. The van der Waals surface area contributed by atoms with E-state index in [9.17, 15) is 5.11 Å². The zero-order valence-corrected chi connectivity index (χ0v) is 12.4. The Labute approximate surface area is 127 Å². The summed E-state index contributed by atoms with van der Waals surface area (Å²) in [4.78, 5) is 4.20. The maximum atomic E-state index is 9.89. The van der Waals surface area contributed by atoms with Crippen LogP contribution < -0.4 is 4.74 Å². The number of aromatic hydroxyl groups is 1. The Morgan fingerprint density at radius 2 is 2.05 bits per heavy atom. The van der Waals surface area contributed by atoms with Crippen molar-refractivity contribution in [3.05, 3.63) is 34.8 Å². The second kappa shape index (κ2) is 5.49. The molecular formula is C13H9BrN4O3. The monoisotopic (exact) mass is 348 g/mol. The fourth-order valence-electron chi connectivity index (χ4n) is 1.67. The van der Waals surface area contributed by atoms with Crippen LogP contribution in [0, 0.1) is 0 Å². The highest BCUT2D eigenvalue weighted by atomic mass is 79.9. The maximum absolute atomic E-state index is 9.89. The third-order valence-corrected chi connectivity index (χ3v) is 3.19. The molecule has 0 aliphatic rings. The number of hydrogen-bond donors (Lipinski definition) is 1. The molecular weight excluding hydrogens is 340 g/mol. The van der Waals surface area contributed by atoms with E-state index in [1.165, 1.54) is 7.11 Å². The van der Waals surface area contributed by atoms with Gasteiger partial charge in [0, 0.05) is 10.5 Å². The highest BCUT2D eigenvalue weighted by molar-refractivity contribution is 9.10. The molecule has 0 unspecified atom stereocenters. The zero-order valence-electron chi connectivity index (χ0n) is 10.8. The maximum Gasteiger partial charge on any atom is 0.262 e. The van der Waals surface area contributed by atoms with Crippen LogP contribution in [0.3, 0.4) is 0 Å². The standard InChI is InChI=1S/C13H9BrN4O3/c1-20-11-5-4-9(16-17-11)12-15-13(21-18-12)8-3-2-7(14)6-10(8)19/h2-6,19H,1H3. The molecule has 0 radical (unpaired) electrons. The van der Waals surface area contributed by atoms with E-state index in [-0.39, 0.29) is 17.5 Å². The van der Waals surface area contributed by atoms with Gasteiger partial charge >= 0.3 is 0 Å². The first-order valence-electron chi connectivity index (χ1n) is 5.88. The first kappa shape index (κ1) is 13.5. The molecule has 1 N–H and O–H groups in total. The molecule has 0 atom stereocenters. The predicted octanol–water partition coefficient (Wildman–Crippen LogP) is 2.67. The van der Waals surface area contributed by atoms with Gasteiger partial charge in [0.05, 0.1) is 12.7 Å². The van der Waals surface area contributed by atoms with Gasteiger partial charge in [0.25, 0.3) is 5.89 Å². The zero-order chi connectivity index (χ0) is 14.8. The summed E-state index contributed by atoms with van der Waals surface area (Å²) in [5.41, 5.74) is 0.890. The molecule has 0 saturated heterocycles. The SMILES string of the molecule is COc1ccc(-c2noc(-c3ccc(Br)cc3O)n2)nn1. The van der Waals surface area contributed by atoms with E-state index in [4.69, 9.17) is 9.26 Å². The number of nitrogens with zero attached hydrogens (tertiary/aromatic N) is 4. The predicted molar refractivity (Wildman–Crippen MR) is 76.7 cm³/mol. The molecule has 2 aromatic heterocycles. The van der Waals surface area contributed by atoms with Gasteiger partial charge in [0.2, 0.25) is 11.7 Å². The summed E-state index contributed by atoms with van der Waals surface area (Å²) >= 11 is 3.27. The van der Waals surface area contributed by atoms with Gasteiger partial charge in [-0.2, -0.15) is 4.98 Å². The van der Waals surface area contributed by atoms with E-state index in [1.54, 1.807) is 30.3 Å². The second-order valence-electron chi connectivity index (χ2n) is 4.05. The number of methoxy groups -OCH3 is 1. The molecule has 0 aliphatic carbocycles. The van der Waals surface area contributed by atoms with Crippen LogP contribution in [-0.4, -0.2) is 32.6 Å². The average Bonchev–Trinajstić information content (AvgIpc) is 2.97. The molecule has 21 heavy (non-hydrogen) atoms. The molecule has 106 valence electrons. The Balaban J connectivity index is 1.95. The van der Waals surface area contributed by atoms with Crippen molar-refractivity contribution in [2.45, 2.75) is 0 Å². The minimum Gasteiger partial charge on any atom is -0.507 e. The number of phenols is 1. The lowest BCUT2D eigenvalue weighted by molar-refractivity contribution is 0.392. The summed E-state index contributed by atoms with van der Waals surface area (Å²) in [6, 6.07) is 8.31. The summed E-state index contributed by atoms with van der Waals surface area (Å²) in [5.74, 6) is 0.920. The Morgan fingerprint density at radius 1 is 1.19 bits per heavy atom. The van der Waals surface area contributed by atoms with Gasteiger partial charge in [0.1, 0.15) is 11.4 Å². The number of aromatic nitrogens is 4. The van der Waals surface area contributed by atoms with Crippen LogP contribution in [0.2, 0.25) is 0 Å². The number of ether oxygens (including phenoxy) is 1. The van der Waals surface area contributed by atoms with Crippen molar-refractivity contribution in [2.24, 2.45) is 0 Å². The normalized spacial score (nSPS) is 10.6. The fraction of sp³-hybridized carbons (Fsp3) is 0.0769. The van der Waals surface area contributed by atoms with Crippen LogP contribution >= 0.6 is 15.9 Å². The summed E-state index contributed by atoms with van der Waals surface area (Å²) in [6.07, 6.45) is 0. The van der Waals surface area contributed by atoms with E-state index in [1.807, 2.05) is 0 Å².